The number of benzene rings is 1. The van der Waals surface area contributed by atoms with Crippen molar-refractivity contribution in [3.05, 3.63) is 36.7 Å². The van der Waals surface area contributed by atoms with Crippen LogP contribution in [-0.2, 0) is 0 Å². The van der Waals surface area contributed by atoms with Gasteiger partial charge in [-0.1, -0.05) is 19.1 Å². The van der Waals surface area contributed by atoms with Crippen molar-refractivity contribution in [1.82, 2.24) is 0 Å². The molecule has 3 nitrogen and oxygen atoms in total. The van der Waals surface area contributed by atoms with Crippen molar-refractivity contribution in [3.8, 4) is 5.75 Å². The van der Waals surface area contributed by atoms with Crippen LogP contribution in [0.25, 0.3) is 0 Å². The van der Waals surface area contributed by atoms with Gasteiger partial charge in [-0.25, -0.2) is 0 Å². The van der Waals surface area contributed by atoms with Crippen LogP contribution >= 0.6 is 71.9 Å². The Balaban J connectivity index is -0.000000293. The van der Waals surface area contributed by atoms with E-state index < -0.39 is 0 Å². The van der Waals surface area contributed by atoms with Gasteiger partial charge in [-0.15, -0.1) is 71.9 Å². The number of halogens is 3. The largest absolute Gasteiger partial charge is 0.439 e. The maximum atomic E-state index is 5.35. The molecule has 0 aliphatic carbocycles. The average Bonchev–Trinajstić information content (AvgIpc) is 2.55. The van der Waals surface area contributed by atoms with Gasteiger partial charge in [0.2, 0.25) is 0 Å². The number of fused-ring (bicyclic) bond motifs is 1. The second-order valence-corrected chi connectivity index (χ2v) is 5.54. The molecule has 0 unspecified atom stereocenters. The molecule has 0 bridgehead atoms. The fourth-order valence-corrected chi connectivity index (χ4v) is 1.82. The predicted molar refractivity (Wildman–Crippen MR) is 124 cm³/mol. The third kappa shape index (κ3) is 9.44. The zero-order chi connectivity index (χ0) is 13.8. The molecule has 0 N–H and O–H groups in total. The highest BCUT2D eigenvalue weighted by Crippen LogP contribution is 2.36. The van der Waals surface area contributed by atoms with Crippen LogP contribution in [0.4, 0.5) is 5.69 Å². The summed E-state index contributed by atoms with van der Waals surface area (Å²) in [4.78, 5) is 1.93. The molecule has 1 aromatic rings. The van der Waals surface area contributed by atoms with Crippen LogP contribution in [0.15, 0.2) is 36.7 Å². The Labute approximate surface area is 180 Å². The van der Waals surface area contributed by atoms with Gasteiger partial charge in [-0.05, 0) is 25.1 Å². The van der Waals surface area contributed by atoms with E-state index in [-0.39, 0.29) is 71.9 Å². The summed E-state index contributed by atoms with van der Waals surface area (Å²) >= 11 is 0. The molecule has 0 atom stereocenters. The fraction of sp³-hybridized carbons (Fsp3) is 0.467. The second-order valence-electron chi connectivity index (χ2n) is 5.54. The number of rotatable bonds is 2. The Morgan fingerprint density at radius 1 is 1.10 bits per heavy atom. The summed E-state index contributed by atoms with van der Waals surface area (Å²) in [5.74, 6) is 1.58. The van der Waals surface area contributed by atoms with E-state index in [1.807, 2.05) is 36.2 Å². The molecule has 1 heterocycles. The van der Waals surface area contributed by atoms with E-state index in [2.05, 4.69) is 34.6 Å². The van der Waals surface area contributed by atoms with Gasteiger partial charge < -0.3 is 14.1 Å². The summed E-state index contributed by atoms with van der Waals surface area (Å²) in [5, 5.41) is 0. The number of anilines is 1. The van der Waals surface area contributed by atoms with E-state index in [0.717, 1.165) is 15.9 Å². The summed E-state index contributed by atoms with van der Waals surface area (Å²) in [5.41, 5.74) is 1.08. The van der Waals surface area contributed by atoms with Gasteiger partial charge in [0, 0.05) is 7.05 Å². The third-order valence-electron chi connectivity index (χ3n) is 2.72. The van der Waals surface area contributed by atoms with Crippen LogP contribution < -0.4 is 9.64 Å². The zero-order valence-electron chi connectivity index (χ0n) is 13.5. The molecule has 0 saturated carbocycles. The lowest BCUT2D eigenvalue weighted by Gasteiger charge is -2.22. The first-order chi connectivity index (χ1) is 8.35. The minimum absolute atomic E-state index is 0. The lowest BCUT2D eigenvalue weighted by atomic mass is 10.3. The van der Waals surface area contributed by atoms with Crippen molar-refractivity contribution in [1.29, 1.82) is 0 Å². The van der Waals surface area contributed by atoms with Gasteiger partial charge in [0.05, 0.1) is 33.4 Å². The van der Waals surface area contributed by atoms with Crippen molar-refractivity contribution in [2.45, 2.75) is 13.3 Å². The molecule has 0 spiro atoms. The van der Waals surface area contributed by atoms with Crippen LogP contribution in [0.5, 0.6) is 5.75 Å². The smallest absolute Gasteiger partial charge is 0.193 e. The fourth-order valence-electron chi connectivity index (χ4n) is 1.82. The van der Waals surface area contributed by atoms with Gasteiger partial charge in [-0.3, -0.25) is 0 Å². The third-order valence-corrected chi connectivity index (χ3v) is 2.72. The van der Waals surface area contributed by atoms with Gasteiger partial charge in [0.25, 0.3) is 0 Å². The number of nitrogens with zero attached hydrogens (tertiary/aromatic N) is 2. The quantitative estimate of drug-likeness (QED) is 0.338. The van der Waals surface area contributed by atoms with Crippen molar-refractivity contribution in [3.63, 3.8) is 0 Å². The maximum absolute atomic E-state index is 5.35. The summed E-state index contributed by atoms with van der Waals surface area (Å²) in [6, 6.07) is 7.88. The normalized spacial score (nSPS) is 11.7. The molecule has 0 saturated heterocycles. The SMILES string of the molecule is C=C1Oc2ccccc2N1C.CCC[N+](C)(C)C.I.I.I. The summed E-state index contributed by atoms with van der Waals surface area (Å²) in [6.45, 7) is 7.24. The highest BCUT2D eigenvalue weighted by molar-refractivity contribution is 14.0. The Bertz CT molecular complexity index is 420. The minimum atomic E-state index is 0. The zero-order valence-corrected chi connectivity index (χ0v) is 20.4. The van der Waals surface area contributed by atoms with E-state index in [0.29, 0.717) is 5.88 Å². The van der Waals surface area contributed by atoms with Crippen LogP contribution in [0, 0.1) is 0 Å². The molecule has 0 fully saturated rings. The monoisotopic (exact) mass is 633 g/mol. The van der Waals surface area contributed by atoms with Crippen LogP contribution in [0.2, 0.25) is 0 Å². The van der Waals surface area contributed by atoms with E-state index in [9.17, 15) is 0 Å². The Morgan fingerprint density at radius 2 is 1.62 bits per heavy atom. The van der Waals surface area contributed by atoms with Crippen LogP contribution in [-0.4, -0.2) is 39.2 Å². The number of quaternary nitrogens is 1. The van der Waals surface area contributed by atoms with Gasteiger partial charge >= 0.3 is 0 Å². The topological polar surface area (TPSA) is 12.5 Å². The summed E-state index contributed by atoms with van der Waals surface area (Å²) in [7, 11) is 8.57. The number of para-hydroxylation sites is 2. The van der Waals surface area contributed by atoms with Gasteiger partial charge in [0.1, 0.15) is 0 Å². The molecule has 1 aliphatic heterocycles. The van der Waals surface area contributed by atoms with E-state index in [1.54, 1.807) is 0 Å². The predicted octanol–water partition coefficient (Wildman–Crippen LogP) is 4.94. The molecular weight excluding hydrogens is 605 g/mol. The Morgan fingerprint density at radius 3 is 2.00 bits per heavy atom. The molecule has 21 heavy (non-hydrogen) atoms. The molecule has 2 rings (SSSR count). The number of hydrogen-bond acceptors (Lipinski definition) is 2. The van der Waals surface area contributed by atoms with E-state index in [4.69, 9.17) is 4.74 Å². The first-order valence-corrected chi connectivity index (χ1v) is 6.35. The van der Waals surface area contributed by atoms with Crippen LogP contribution in [0.1, 0.15) is 13.3 Å². The highest BCUT2D eigenvalue weighted by Gasteiger charge is 2.19. The molecular formula is C15H28I3N2O+. The molecule has 0 aromatic heterocycles. The lowest BCUT2D eigenvalue weighted by molar-refractivity contribution is -0.870. The van der Waals surface area contributed by atoms with E-state index >= 15 is 0 Å². The van der Waals surface area contributed by atoms with Gasteiger partial charge in [-0.2, -0.15) is 0 Å². The van der Waals surface area contributed by atoms with Crippen molar-refractivity contribution >= 4 is 77.6 Å². The maximum Gasteiger partial charge on any atom is 0.193 e. The van der Waals surface area contributed by atoms with Crippen LogP contribution in [0.3, 0.4) is 0 Å². The number of hydrogen-bond donors (Lipinski definition) is 0. The van der Waals surface area contributed by atoms with E-state index in [1.165, 1.54) is 13.0 Å². The second kappa shape index (κ2) is 12.2. The molecule has 1 aromatic carbocycles. The summed E-state index contributed by atoms with van der Waals surface area (Å²) in [6.07, 6.45) is 1.28. The first-order valence-electron chi connectivity index (χ1n) is 6.35. The molecule has 0 radical (unpaired) electrons. The van der Waals surface area contributed by atoms with Crippen molar-refractivity contribution in [2.75, 3.05) is 39.6 Å². The highest BCUT2D eigenvalue weighted by atomic mass is 127. The average molecular weight is 633 g/mol. The first kappa shape index (κ1) is 26.6. The Kier molecular flexibility index (Phi) is 15.4. The van der Waals surface area contributed by atoms with Crippen molar-refractivity contribution in [2.24, 2.45) is 0 Å². The molecule has 0 amide bonds. The van der Waals surface area contributed by atoms with Gasteiger partial charge in [0.15, 0.2) is 11.6 Å². The molecule has 6 heteroatoms. The minimum Gasteiger partial charge on any atom is -0.439 e. The summed E-state index contributed by atoms with van der Waals surface area (Å²) < 4.78 is 6.44. The molecule has 124 valence electrons. The number of ether oxygens (including phenoxy) is 1. The Hall–Kier alpha value is 0.710. The lowest BCUT2D eigenvalue weighted by Crippen LogP contribution is -2.34. The molecule has 1 aliphatic rings. The standard InChI is InChI=1S/C9H9NO.C6H16N.3HI/c1-7-10(2)8-5-3-4-6-9(8)11-7;1-5-6-7(2,3)4;;;/h3-6H,1H2,2H3;5-6H2,1-4H3;3*1H/q;+1;;;. The van der Waals surface area contributed by atoms with Crippen molar-refractivity contribution < 1.29 is 9.22 Å².